The van der Waals surface area contributed by atoms with Crippen LogP contribution in [-0.4, -0.2) is 64.9 Å². The number of hydrogen-bond donors (Lipinski definition) is 0. The zero-order chi connectivity index (χ0) is 22.0. The molecule has 0 N–H and O–H groups in total. The molecule has 31 heavy (non-hydrogen) atoms. The molecule has 0 spiro atoms. The number of benzene rings is 1. The molecule has 0 radical (unpaired) electrons. The second-order valence-electron chi connectivity index (χ2n) is 8.70. The van der Waals surface area contributed by atoms with Gasteiger partial charge in [-0.15, -0.1) is 0 Å². The van der Waals surface area contributed by atoms with Crippen LogP contribution in [0.4, 0.5) is 18.9 Å². The zero-order valence-electron chi connectivity index (χ0n) is 18.4. The molecular weight excluding hydrogens is 403 g/mol. The molecule has 0 amide bonds. The van der Waals surface area contributed by atoms with Gasteiger partial charge < -0.3 is 4.90 Å². The molecule has 1 aromatic carbocycles. The molecule has 3 heterocycles. The topological polar surface area (TPSA) is 27.5 Å². The van der Waals surface area contributed by atoms with E-state index < -0.39 is 11.7 Å². The van der Waals surface area contributed by atoms with Gasteiger partial charge in [-0.25, -0.2) is 0 Å². The van der Waals surface area contributed by atoms with Crippen LogP contribution >= 0.6 is 0 Å². The molecule has 1 atom stereocenters. The summed E-state index contributed by atoms with van der Waals surface area (Å²) in [6.07, 6.45) is 0.231. The fourth-order valence-electron chi connectivity index (χ4n) is 4.81. The molecule has 2 saturated heterocycles. The Bertz CT molecular complexity index is 870. The summed E-state index contributed by atoms with van der Waals surface area (Å²) in [6, 6.07) is 6.22. The molecule has 1 aromatic heterocycles. The van der Waals surface area contributed by atoms with Crippen molar-refractivity contribution in [3.8, 4) is 0 Å². The van der Waals surface area contributed by atoms with E-state index in [1.165, 1.54) is 30.5 Å². The molecule has 2 aromatic rings. The Labute approximate surface area is 182 Å². The highest BCUT2D eigenvalue weighted by Crippen LogP contribution is 2.32. The van der Waals surface area contributed by atoms with Crippen molar-refractivity contribution < 1.29 is 13.2 Å². The summed E-state index contributed by atoms with van der Waals surface area (Å²) >= 11 is 0. The van der Waals surface area contributed by atoms with Crippen molar-refractivity contribution in [3.63, 3.8) is 0 Å². The highest BCUT2D eigenvalue weighted by molar-refractivity contribution is 5.49. The highest BCUT2D eigenvalue weighted by atomic mass is 19.4. The zero-order valence-corrected chi connectivity index (χ0v) is 18.4. The first kappa shape index (κ1) is 22.1. The summed E-state index contributed by atoms with van der Waals surface area (Å²) in [6.45, 7) is 11.5. The largest absolute Gasteiger partial charge is 0.416 e. The number of hydrogen-bond acceptors (Lipinski definition) is 4. The van der Waals surface area contributed by atoms with Crippen LogP contribution in [0.2, 0.25) is 0 Å². The SMILES string of the molecule is CCn1cc(CN2CCC[C@@H](N3CCN(c4cccc(C(F)(F)F)c4)CC3)C2)c(C)n1. The molecule has 0 aliphatic carbocycles. The molecule has 2 aliphatic rings. The Morgan fingerprint density at radius 3 is 2.55 bits per heavy atom. The van der Waals surface area contributed by atoms with Gasteiger partial charge in [-0.1, -0.05) is 6.07 Å². The van der Waals surface area contributed by atoms with Crippen molar-refractivity contribution in [2.24, 2.45) is 0 Å². The van der Waals surface area contributed by atoms with Crippen LogP contribution in [-0.2, 0) is 19.3 Å². The monoisotopic (exact) mass is 435 g/mol. The van der Waals surface area contributed by atoms with Crippen LogP contribution < -0.4 is 4.90 Å². The first-order valence-electron chi connectivity index (χ1n) is 11.2. The first-order chi connectivity index (χ1) is 14.8. The van der Waals surface area contributed by atoms with E-state index >= 15 is 0 Å². The average Bonchev–Trinajstić information content (AvgIpc) is 3.13. The predicted octanol–water partition coefficient (Wildman–Crippen LogP) is 4.02. The number of rotatable bonds is 5. The molecule has 4 rings (SSSR count). The number of piperidine rings is 1. The molecule has 5 nitrogen and oxygen atoms in total. The van der Waals surface area contributed by atoms with Crippen LogP contribution in [0, 0.1) is 6.92 Å². The predicted molar refractivity (Wildman–Crippen MR) is 116 cm³/mol. The number of nitrogens with zero attached hydrogens (tertiary/aromatic N) is 5. The van der Waals surface area contributed by atoms with Gasteiger partial charge in [0.15, 0.2) is 0 Å². The maximum absolute atomic E-state index is 13.0. The maximum Gasteiger partial charge on any atom is 0.416 e. The lowest BCUT2D eigenvalue weighted by atomic mass is 10.0. The van der Waals surface area contributed by atoms with E-state index in [0.29, 0.717) is 11.7 Å². The second kappa shape index (κ2) is 9.20. The summed E-state index contributed by atoms with van der Waals surface area (Å²) in [5, 5.41) is 4.57. The first-order valence-corrected chi connectivity index (χ1v) is 11.2. The Morgan fingerprint density at radius 2 is 1.87 bits per heavy atom. The highest BCUT2D eigenvalue weighted by Gasteiger charge is 2.32. The van der Waals surface area contributed by atoms with Crippen LogP contribution in [0.3, 0.4) is 0 Å². The fourth-order valence-corrected chi connectivity index (χ4v) is 4.81. The van der Waals surface area contributed by atoms with Crippen molar-refractivity contribution in [3.05, 3.63) is 47.3 Å². The minimum Gasteiger partial charge on any atom is -0.369 e. The lowest BCUT2D eigenvalue weighted by Gasteiger charge is -2.44. The minimum absolute atomic E-state index is 0.513. The number of piperazine rings is 1. The van der Waals surface area contributed by atoms with E-state index in [9.17, 15) is 13.2 Å². The van der Waals surface area contributed by atoms with Crippen LogP contribution in [0.15, 0.2) is 30.5 Å². The van der Waals surface area contributed by atoms with Gasteiger partial charge in [0.25, 0.3) is 0 Å². The number of alkyl halides is 3. The lowest BCUT2D eigenvalue weighted by molar-refractivity contribution is -0.137. The summed E-state index contributed by atoms with van der Waals surface area (Å²) in [5.41, 5.74) is 2.51. The average molecular weight is 436 g/mol. The molecule has 2 fully saturated rings. The Kier molecular flexibility index (Phi) is 6.57. The van der Waals surface area contributed by atoms with Crippen LogP contribution in [0.1, 0.15) is 36.6 Å². The quantitative estimate of drug-likeness (QED) is 0.709. The number of anilines is 1. The molecular formula is C23H32F3N5. The maximum atomic E-state index is 13.0. The number of aromatic nitrogens is 2. The van der Waals surface area contributed by atoms with Gasteiger partial charge in [0.2, 0.25) is 0 Å². The Hall–Kier alpha value is -2.06. The molecule has 0 unspecified atom stereocenters. The third kappa shape index (κ3) is 5.23. The van der Waals surface area contributed by atoms with Crippen LogP contribution in [0.5, 0.6) is 0 Å². The normalized spacial score (nSPS) is 21.6. The fraction of sp³-hybridized carbons (Fsp3) is 0.609. The van der Waals surface area contributed by atoms with Gasteiger partial charge in [-0.05, 0) is 51.4 Å². The van der Waals surface area contributed by atoms with Gasteiger partial charge in [0.05, 0.1) is 11.3 Å². The van der Waals surface area contributed by atoms with E-state index in [0.717, 1.165) is 64.1 Å². The van der Waals surface area contributed by atoms with Gasteiger partial charge in [-0.3, -0.25) is 14.5 Å². The van der Waals surface area contributed by atoms with Crippen molar-refractivity contribution in [2.75, 3.05) is 44.2 Å². The smallest absolute Gasteiger partial charge is 0.369 e. The second-order valence-corrected chi connectivity index (χ2v) is 8.70. The summed E-state index contributed by atoms with van der Waals surface area (Å²) in [7, 11) is 0. The summed E-state index contributed by atoms with van der Waals surface area (Å²) in [4.78, 5) is 7.13. The van der Waals surface area contributed by atoms with E-state index in [2.05, 4.69) is 39.8 Å². The van der Waals surface area contributed by atoms with E-state index in [4.69, 9.17) is 0 Å². The van der Waals surface area contributed by atoms with Crippen LogP contribution in [0.25, 0.3) is 0 Å². The number of aryl methyl sites for hydroxylation is 2. The van der Waals surface area contributed by atoms with E-state index in [1.807, 2.05) is 4.68 Å². The van der Waals surface area contributed by atoms with E-state index in [-0.39, 0.29) is 0 Å². The third-order valence-corrected chi connectivity index (χ3v) is 6.62. The number of likely N-dealkylation sites (tertiary alicyclic amines) is 1. The van der Waals surface area contributed by atoms with Crippen molar-refractivity contribution in [1.29, 1.82) is 0 Å². The van der Waals surface area contributed by atoms with Gasteiger partial charge in [-0.2, -0.15) is 18.3 Å². The lowest BCUT2D eigenvalue weighted by Crippen LogP contribution is -2.55. The summed E-state index contributed by atoms with van der Waals surface area (Å²) in [5.74, 6) is 0. The van der Waals surface area contributed by atoms with E-state index in [1.54, 1.807) is 6.07 Å². The van der Waals surface area contributed by atoms with Gasteiger partial charge in [0.1, 0.15) is 0 Å². The number of halogens is 3. The minimum atomic E-state index is -4.30. The molecule has 8 heteroatoms. The standard InChI is InChI=1S/C23H32F3N5/c1-3-31-16-19(18(2)27-31)15-28-9-5-8-22(17-28)30-12-10-29(11-13-30)21-7-4-6-20(14-21)23(24,25)26/h4,6-7,14,16,22H,3,5,8-13,15,17H2,1-2H3/t22-/m1/s1. The third-order valence-electron chi connectivity index (χ3n) is 6.62. The molecule has 0 bridgehead atoms. The summed E-state index contributed by atoms with van der Waals surface area (Å²) < 4.78 is 41.1. The molecule has 2 aliphatic heterocycles. The molecule has 170 valence electrons. The van der Waals surface area contributed by atoms with Gasteiger partial charge >= 0.3 is 6.18 Å². The van der Waals surface area contributed by atoms with Crippen molar-refractivity contribution in [1.82, 2.24) is 19.6 Å². The van der Waals surface area contributed by atoms with Crippen molar-refractivity contribution in [2.45, 2.75) is 52.0 Å². The molecule has 0 saturated carbocycles. The Morgan fingerprint density at radius 1 is 1.10 bits per heavy atom. The van der Waals surface area contributed by atoms with Gasteiger partial charge in [0, 0.05) is 69.3 Å². The van der Waals surface area contributed by atoms with Crippen molar-refractivity contribution >= 4 is 5.69 Å². The Balaban J connectivity index is 1.33.